The molecule has 3 aliphatic rings. The summed E-state index contributed by atoms with van der Waals surface area (Å²) in [4.78, 5) is 46.6. The number of hydrogen-bond acceptors (Lipinski definition) is 5. The van der Waals surface area contributed by atoms with Crippen molar-refractivity contribution in [1.29, 1.82) is 0 Å². The number of hydrogen-bond donors (Lipinski definition) is 1. The Kier molecular flexibility index (Phi) is 8.81. The second-order valence-corrected chi connectivity index (χ2v) is 10.6. The number of carbonyl (C=O) groups is 3. The number of unbranched alkanes of at least 4 members (excludes halogenated alkanes) is 2. The largest absolute Gasteiger partial charge is 0.394 e. The lowest BCUT2D eigenvalue weighted by atomic mass is 9.70. The van der Waals surface area contributed by atoms with Crippen LogP contribution in [0.2, 0.25) is 0 Å². The molecule has 196 valence electrons. The Labute approximate surface area is 210 Å². The number of fused-ring (bicyclic) bond motifs is 1. The third kappa shape index (κ3) is 4.67. The predicted octanol–water partition coefficient (Wildman–Crippen LogP) is 2.23. The molecule has 6 atom stereocenters. The molecule has 3 rings (SSSR count). The molecule has 0 aromatic carbocycles. The van der Waals surface area contributed by atoms with Gasteiger partial charge in [-0.3, -0.25) is 14.4 Å². The van der Waals surface area contributed by atoms with E-state index in [1.165, 1.54) is 0 Å². The zero-order chi connectivity index (χ0) is 25.9. The fourth-order valence-electron chi connectivity index (χ4n) is 6.34. The van der Waals surface area contributed by atoms with Gasteiger partial charge in [0.05, 0.1) is 30.6 Å². The summed E-state index contributed by atoms with van der Waals surface area (Å²) in [7, 11) is 1.70. The van der Waals surface area contributed by atoms with Crippen molar-refractivity contribution < 1.29 is 24.2 Å². The number of likely N-dealkylation sites (tertiary alicyclic amines) is 1. The van der Waals surface area contributed by atoms with E-state index in [0.717, 1.165) is 19.3 Å². The standard InChI is InChI=1S/C27H43N3O5/c1-7-10-11-16-29(15-9-3)26(34)23-27-13-12-20(35-27)21(24(32)28(6)14-8-2)22(27)25(33)30(23)19(17-31)18(4)5/h8-9,18-23,31H,2-3,7,10-17H2,1,4-6H3/t19-,20-,21+,22-,23?,27?/m0/s1. The maximum atomic E-state index is 14.2. The van der Waals surface area contributed by atoms with Crippen molar-refractivity contribution in [1.82, 2.24) is 14.7 Å². The molecule has 8 heteroatoms. The van der Waals surface area contributed by atoms with Crippen LogP contribution in [-0.4, -0.2) is 94.6 Å². The molecule has 0 aromatic rings. The van der Waals surface area contributed by atoms with Crippen molar-refractivity contribution >= 4 is 17.7 Å². The number of aliphatic hydroxyl groups is 1. The predicted molar refractivity (Wildman–Crippen MR) is 134 cm³/mol. The maximum Gasteiger partial charge on any atom is 0.248 e. The van der Waals surface area contributed by atoms with E-state index in [-0.39, 0.29) is 36.4 Å². The zero-order valence-electron chi connectivity index (χ0n) is 21.8. The molecule has 2 unspecified atom stereocenters. The van der Waals surface area contributed by atoms with Crippen LogP contribution in [0.3, 0.4) is 0 Å². The Hall–Kier alpha value is -2.19. The normalized spacial score (nSPS) is 29.9. The van der Waals surface area contributed by atoms with Crippen LogP contribution in [0.4, 0.5) is 0 Å². The van der Waals surface area contributed by atoms with E-state index >= 15 is 0 Å². The lowest BCUT2D eigenvalue weighted by Crippen LogP contribution is -2.59. The van der Waals surface area contributed by atoms with Crippen molar-refractivity contribution in [2.45, 2.75) is 76.7 Å². The first-order valence-corrected chi connectivity index (χ1v) is 13.1. The SMILES string of the molecule is C=CCN(C)C(=O)[C@@H]1[C@@H]2CCC3(O2)C(C(=O)N(CC=C)CCCCC)N([C@@H](CO)C(C)C)C(=O)[C@H]13. The van der Waals surface area contributed by atoms with Crippen LogP contribution in [0, 0.1) is 17.8 Å². The number of nitrogens with zero attached hydrogens (tertiary/aromatic N) is 3. The summed E-state index contributed by atoms with van der Waals surface area (Å²) in [5.74, 6) is -2.03. The van der Waals surface area contributed by atoms with E-state index < -0.39 is 29.5 Å². The van der Waals surface area contributed by atoms with Crippen LogP contribution in [0.25, 0.3) is 0 Å². The molecule has 0 saturated carbocycles. The van der Waals surface area contributed by atoms with Crippen molar-refractivity contribution in [3.8, 4) is 0 Å². The molecule has 2 bridgehead atoms. The Balaban J connectivity index is 2.05. The Morgan fingerprint density at radius 2 is 1.91 bits per heavy atom. The van der Waals surface area contributed by atoms with Crippen molar-refractivity contribution in [2.24, 2.45) is 17.8 Å². The number of amides is 3. The summed E-state index contributed by atoms with van der Waals surface area (Å²) in [5.41, 5.74) is -1.05. The zero-order valence-corrected chi connectivity index (χ0v) is 21.8. The molecule has 0 aromatic heterocycles. The minimum Gasteiger partial charge on any atom is -0.394 e. The summed E-state index contributed by atoms with van der Waals surface area (Å²) in [5, 5.41) is 10.3. The number of carbonyl (C=O) groups excluding carboxylic acids is 3. The summed E-state index contributed by atoms with van der Waals surface area (Å²) in [6.07, 6.45) is 7.03. The lowest BCUT2D eigenvalue weighted by molar-refractivity contribution is -0.152. The molecular formula is C27H43N3O5. The van der Waals surface area contributed by atoms with Gasteiger partial charge in [0.25, 0.3) is 0 Å². The minimum atomic E-state index is -1.05. The fourth-order valence-corrected chi connectivity index (χ4v) is 6.34. The highest BCUT2D eigenvalue weighted by molar-refractivity contribution is 5.99. The van der Waals surface area contributed by atoms with Crippen LogP contribution in [0.15, 0.2) is 25.3 Å². The third-order valence-electron chi connectivity index (χ3n) is 8.04. The van der Waals surface area contributed by atoms with E-state index in [1.807, 2.05) is 13.8 Å². The number of ether oxygens (including phenoxy) is 1. The van der Waals surface area contributed by atoms with Gasteiger partial charge in [-0.05, 0) is 25.2 Å². The first-order chi connectivity index (χ1) is 16.7. The van der Waals surface area contributed by atoms with Crippen LogP contribution in [0.5, 0.6) is 0 Å². The van der Waals surface area contributed by atoms with Crippen LogP contribution < -0.4 is 0 Å². The van der Waals surface area contributed by atoms with Gasteiger partial charge in [-0.1, -0.05) is 45.8 Å². The van der Waals surface area contributed by atoms with E-state index in [1.54, 1.807) is 33.9 Å². The first-order valence-electron chi connectivity index (χ1n) is 13.1. The average molecular weight is 490 g/mol. The maximum absolute atomic E-state index is 14.2. The summed E-state index contributed by atoms with van der Waals surface area (Å²) >= 11 is 0. The molecular weight excluding hydrogens is 446 g/mol. The van der Waals surface area contributed by atoms with Gasteiger partial charge >= 0.3 is 0 Å². The van der Waals surface area contributed by atoms with E-state index in [2.05, 4.69) is 20.1 Å². The topological polar surface area (TPSA) is 90.4 Å². The van der Waals surface area contributed by atoms with Crippen LogP contribution in [-0.2, 0) is 19.1 Å². The van der Waals surface area contributed by atoms with Gasteiger partial charge < -0.3 is 24.5 Å². The van der Waals surface area contributed by atoms with Crippen LogP contribution in [0.1, 0.15) is 52.9 Å². The quantitative estimate of drug-likeness (QED) is 0.317. The molecule has 1 spiro atoms. The molecule has 3 heterocycles. The summed E-state index contributed by atoms with van der Waals surface area (Å²) in [6.45, 7) is 14.6. The Morgan fingerprint density at radius 3 is 2.49 bits per heavy atom. The number of likely N-dealkylation sites (N-methyl/N-ethyl adjacent to an activating group) is 1. The Bertz CT molecular complexity index is 830. The summed E-state index contributed by atoms with van der Waals surface area (Å²) in [6, 6.07) is -1.41. The fraction of sp³-hybridized carbons (Fsp3) is 0.741. The van der Waals surface area contributed by atoms with Gasteiger partial charge in [-0.25, -0.2) is 0 Å². The monoisotopic (exact) mass is 489 g/mol. The van der Waals surface area contributed by atoms with Gasteiger partial charge in [0.1, 0.15) is 11.6 Å². The van der Waals surface area contributed by atoms with Gasteiger partial charge in [-0.2, -0.15) is 0 Å². The number of aliphatic hydroxyl groups excluding tert-OH is 1. The molecule has 1 N–H and O–H groups in total. The Morgan fingerprint density at radius 1 is 1.23 bits per heavy atom. The molecule has 3 saturated heterocycles. The molecule has 3 amide bonds. The van der Waals surface area contributed by atoms with Crippen molar-refractivity contribution in [3.63, 3.8) is 0 Å². The van der Waals surface area contributed by atoms with Gasteiger partial charge in [-0.15, -0.1) is 13.2 Å². The van der Waals surface area contributed by atoms with Gasteiger partial charge in [0.2, 0.25) is 17.7 Å². The van der Waals surface area contributed by atoms with Gasteiger partial charge in [0.15, 0.2) is 0 Å². The summed E-state index contributed by atoms with van der Waals surface area (Å²) < 4.78 is 6.52. The smallest absolute Gasteiger partial charge is 0.248 e. The van der Waals surface area contributed by atoms with E-state index in [0.29, 0.717) is 32.5 Å². The highest BCUT2D eigenvalue weighted by Gasteiger charge is 2.75. The average Bonchev–Trinajstić information content (AvgIpc) is 3.46. The third-order valence-corrected chi connectivity index (χ3v) is 8.04. The highest BCUT2D eigenvalue weighted by Crippen LogP contribution is 2.59. The van der Waals surface area contributed by atoms with Crippen molar-refractivity contribution in [2.75, 3.05) is 33.3 Å². The van der Waals surface area contributed by atoms with E-state index in [9.17, 15) is 19.5 Å². The molecule has 35 heavy (non-hydrogen) atoms. The highest BCUT2D eigenvalue weighted by atomic mass is 16.5. The first kappa shape index (κ1) is 27.4. The second-order valence-electron chi connectivity index (χ2n) is 10.6. The molecule has 3 aliphatic heterocycles. The second kappa shape index (κ2) is 11.2. The van der Waals surface area contributed by atoms with Gasteiger partial charge in [0, 0.05) is 26.7 Å². The molecule has 0 aliphatic carbocycles. The van der Waals surface area contributed by atoms with Crippen LogP contribution >= 0.6 is 0 Å². The van der Waals surface area contributed by atoms with E-state index in [4.69, 9.17) is 4.74 Å². The molecule has 3 fully saturated rings. The van der Waals surface area contributed by atoms with Crippen molar-refractivity contribution in [3.05, 3.63) is 25.3 Å². The molecule has 8 nitrogen and oxygen atoms in total. The molecule has 0 radical (unpaired) electrons. The minimum absolute atomic E-state index is 0.0720. The lowest BCUT2D eigenvalue weighted by Gasteiger charge is -2.40. The number of rotatable bonds is 13.